The van der Waals surface area contributed by atoms with Crippen LogP contribution >= 0.6 is 0 Å². The van der Waals surface area contributed by atoms with Crippen LogP contribution in [0.4, 0.5) is 4.79 Å². The predicted octanol–water partition coefficient (Wildman–Crippen LogP) is 3.24. The normalized spacial score (nSPS) is 20.1. The van der Waals surface area contributed by atoms with Crippen molar-refractivity contribution in [1.29, 1.82) is 0 Å². The first kappa shape index (κ1) is 19.0. The van der Waals surface area contributed by atoms with Crippen LogP contribution in [0.5, 0.6) is 11.5 Å². The van der Waals surface area contributed by atoms with E-state index in [1.54, 1.807) is 18.2 Å². The van der Waals surface area contributed by atoms with Crippen LogP contribution in [0.3, 0.4) is 0 Å². The van der Waals surface area contributed by atoms with Crippen LogP contribution in [-0.4, -0.2) is 36.0 Å². The van der Waals surface area contributed by atoms with Crippen LogP contribution < -0.4 is 14.8 Å². The molecule has 0 aliphatic carbocycles. The molecular formula is C22H22N2O5. The average Bonchev–Trinajstić information content (AvgIpc) is 3.31. The Bertz CT molecular complexity index is 959. The predicted molar refractivity (Wildman–Crippen MR) is 105 cm³/mol. The van der Waals surface area contributed by atoms with E-state index in [2.05, 4.69) is 5.32 Å². The maximum absolute atomic E-state index is 13.3. The highest BCUT2D eigenvalue weighted by atomic mass is 16.7. The summed E-state index contributed by atoms with van der Waals surface area (Å²) in [6.07, 6.45) is 2.13. The van der Waals surface area contributed by atoms with Gasteiger partial charge in [-0.1, -0.05) is 50.1 Å². The van der Waals surface area contributed by atoms with Crippen molar-refractivity contribution in [1.82, 2.24) is 10.2 Å². The van der Waals surface area contributed by atoms with Crippen molar-refractivity contribution in [2.45, 2.75) is 31.7 Å². The zero-order valence-corrected chi connectivity index (χ0v) is 16.1. The SMILES string of the molecule is CCCCC1(c2ccccc2)NC(=O)N(CC(=O)c2ccc3c(c2)OCO3)C1=O. The highest BCUT2D eigenvalue weighted by Crippen LogP contribution is 2.35. The number of hydrogen-bond donors (Lipinski definition) is 1. The van der Waals surface area contributed by atoms with Gasteiger partial charge in [-0.3, -0.25) is 14.5 Å². The molecule has 0 saturated carbocycles. The molecule has 1 atom stereocenters. The fourth-order valence-electron chi connectivity index (χ4n) is 3.75. The van der Waals surface area contributed by atoms with Crippen LogP contribution in [0, 0.1) is 0 Å². The molecular weight excluding hydrogens is 372 g/mol. The number of carbonyl (C=O) groups excluding carboxylic acids is 3. The third-order valence-electron chi connectivity index (χ3n) is 5.34. The summed E-state index contributed by atoms with van der Waals surface area (Å²) in [6.45, 7) is 1.81. The molecule has 2 heterocycles. The zero-order valence-electron chi connectivity index (χ0n) is 16.1. The Morgan fingerprint density at radius 2 is 1.86 bits per heavy atom. The number of hydrogen-bond acceptors (Lipinski definition) is 5. The third-order valence-corrected chi connectivity index (χ3v) is 5.34. The van der Waals surface area contributed by atoms with Gasteiger partial charge < -0.3 is 14.8 Å². The Morgan fingerprint density at radius 1 is 1.10 bits per heavy atom. The van der Waals surface area contributed by atoms with E-state index >= 15 is 0 Å². The minimum atomic E-state index is -1.14. The minimum Gasteiger partial charge on any atom is -0.454 e. The van der Waals surface area contributed by atoms with E-state index in [4.69, 9.17) is 9.47 Å². The van der Waals surface area contributed by atoms with Gasteiger partial charge in [-0.25, -0.2) is 4.79 Å². The smallest absolute Gasteiger partial charge is 0.325 e. The lowest BCUT2D eigenvalue weighted by Gasteiger charge is -2.27. The monoisotopic (exact) mass is 394 g/mol. The van der Waals surface area contributed by atoms with Crippen molar-refractivity contribution in [3.05, 3.63) is 59.7 Å². The lowest BCUT2D eigenvalue weighted by molar-refractivity contribution is -0.131. The van der Waals surface area contributed by atoms with E-state index < -0.39 is 17.5 Å². The fraction of sp³-hybridized carbons (Fsp3) is 0.318. The average molecular weight is 394 g/mol. The molecule has 2 aliphatic rings. The van der Waals surface area contributed by atoms with Crippen LogP contribution in [-0.2, 0) is 10.3 Å². The highest BCUT2D eigenvalue weighted by molar-refractivity contribution is 6.11. The van der Waals surface area contributed by atoms with E-state index in [-0.39, 0.29) is 19.1 Å². The molecule has 0 aromatic heterocycles. The number of fused-ring (bicyclic) bond motifs is 1. The Hall–Kier alpha value is -3.35. The summed E-state index contributed by atoms with van der Waals surface area (Å²) in [6, 6.07) is 13.5. The number of urea groups is 1. The van der Waals surface area contributed by atoms with Crippen molar-refractivity contribution in [2.24, 2.45) is 0 Å². The topological polar surface area (TPSA) is 84.9 Å². The second kappa shape index (κ2) is 7.58. The van der Waals surface area contributed by atoms with Gasteiger partial charge in [0, 0.05) is 5.56 Å². The summed E-state index contributed by atoms with van der Waals surface area (Å²) in [7, 11) is 0. The van der Waals surface area contributed by atoms with Crippen LogP contribution in [0.25, 0.3) is 0 Å². The van der Waals surface area contributed by atoms with Gasteiger partial charge in [0.15, 0.2) is 17.3 Å². The van der Waals surface area contributed by atoms with Gasteiger partial charge in [0.05, 0.1) is 6.54 Å². The first-order valence-electron chi connectivity index (χ1n) is 9.67. The number of ketones is 1. The molecule has 0 spiro atoms. The molecule has 29 heavy (non-hydrogen) atoms. The molecule has 7 nitrogen and oxygen atoms in total. The molecule has 1 N–H and O–H groups in total. The number of unbranched alkanes of at least 4 members (excludes halogenated alkanes) is 1. The largest absolute Gasteiger partial charge is 0.454 e. The minimum absolute atomic E-state index is 0.108. The van der Waals surface area contributed by atoms with Crippen LogP contribution in [0.2, 0.25) is 0 Å². The zero-order chi connectivity index (χ0) is 20.4. The summed E-state index contributed by atoms with van der Waals surface area (Å²) in [5.74, 6) is 0.316. The molecule has 150 valence electrons. The second-order valence-electron chi connectivity index (χ2n) is 7.19. The van der Waals surface area contributed by atoms with Crippen molar-refractivity contribution in [3.63, 3.8) is 0 Å². The molecule has 0 radical (unpaired) electrons. The molecule has 1 saturated heterocycles. The first-order chi connectivity index (χ1) is 14.0. The van der Waals surface area contributed by atoms with E-state index in [9.17, 15) is 14.4 Å². The summed E-state index contributed by atoms with van der Waals surface area (Å²) in [5, 5.41) is 2.86. The molecule has 3 amide bonds. The van der Waals surface area contributed by atoms with Crippen molar-refractivity contribution in [2.75, 3.05) is 13.3 Å². The molecule has 1 unspecified atom stereocenters. The van der Waals surface area contributed by atoms with Gasteiger partial charge in [-0.05, 0) is 30.2 Å². The van der Waals surface area contributed by atoms with E-state index in [0.29, 0.717) is 23.5 Å². The van der Waals surface area contributed by atoms with Crippen molar-refractivity contribution in [3.8, 4) is 11.5 Å². The molecule has 2 aromatic rings. The fourth-order valence-corrected chi connectivity index (χ4v) is 3.75. The second-order valence-corrected chi connectivity index (χ2v) is 7.19. The standard InChI is InChI=1S/C22H22N2O5/c1-2-3-11-22(16-7-5-4-6-8-16)20(26)24(21(27)23-22)13-17(25)15-9-10-18-19(12-15)29-14-28-18/h4-10,12H,2-3,11,13-14H2,1H3,(H,23,27). The summed E-state index contributed by atoms with van der Waals surface area (Å²) in [4.78, 5) is 39.8. The van der Waals surface area contributed by atoms with E-state index in [1.807, 2.05) is 37.3 Å². The summed E-state index contributed by atoms with van der Waals surface area (Å²) >= 11 is 0. The number of carbonyl (C=O) groups is 3. The molecule has 0 bridgehead atoms. The Balaban J connectivity index is 1.59. The van der Waals surface area contributed by atoms with Crippen LogP contribution in [0.15, 0.2) is 48.5 Å². The molecule has 2 aliphatic heterocycles. The quantitative estimate of drug-likeness (QED) is 0.576. The van der Waals surface area contributed by atoms with Gasteiger partial charge in [0.25, 0.3) is 5.91 Å². The van der Waals surface area contributed by atoms with Crippen molar-refractivity contribution < 1.29 is 23.9 Å². The molecule has 2 aromatic carbocycles. The van der Waals surface area contributed by atoms with Gasteiger partial charge in [-0.15, -0.1) is 0 Å². The lowest BCUT2D eigenvalue weighted by Crippen LogP contribution is -2.44. The number of rotatable bonds is 7. The number of benzene rings is 2. The Morgan fingerprint density at radius 3 is 2.62 bits per heavy atom. The van der Waals surface area contributed by atoms with E-state index in [0.717, 1.165) is 23.3 Å². The number of imide groups is 1. The van der Waals surface area contributed by atoms with Gasteiger partial charge in [0.1, 0.15) is 5.54 Å². The Kier molecular flexibility index (Phi) is 4.96. The summed E-state index contributed by atoms with van der Waals surface area (Å²) in [5.41, 5.74) is -0.0470. The highest BCUT2D eigenvalue weighted by Gasteiger charge is 2.52. The van der Waals surface area contributed by atoms with Crippen molar-refractivity contribution >= 4 is 17.7 Å². The summed E-state index contributed by atoms with van der Waals surface area (Å²) < 4.78 is 10.6. The Labute approximate surface area is 168 Å². The number of ether oxygens (including phenoxy) is 2. The lowest BCUT2D eigenvalue weighted by atomic mass is 9.85. The van der Waals surface area contributed by atoms with Gasteiger partial charge >= 0.3 is 6.03 Å². The number of nitrogens with zero attached hydrogens (tertiary/aromatic N) is 1. The molecule has 1 fully saturated rings. The number of nitrogens with one attached hydrogen (secondary N) is 1. The van der Waals surface area contributed by atoms with Gasteiger partial charge in [0.2, 0.25) is 6.79 Å². The number of Topliss-reactive ketones (excluding diaryl/α,β-unsaturated/α-hetero) is 1. The van der Waals surface area contributed by atoms with Gasteiger partial charge in [-0.2, -0.15) is 0 Å². The number of amides is 3. The molecule has 7 heteroatoms. The molecule has 4 rings (SSSR count). The first-order valence-corrected chi connectivity index (χ1v) is 9.67. The van der Waals surface area contributed by atoms with E-state index in [1.165, 1.54) is 0 Å². The third kappa shape index (κ3) is 3.33. The maximum atomic E-state index is 13.3. The maximum Gasteiger partial charge on any atom is 0.325 e. The van der Waals surface area contributed by atoms with Crippen LogP contribution in [0.1, 0.15) is 42.1 Å².